The summed E-state index contributed by atoms with van der Waals surface area (Å²) in [5.41, 5.74) is 5.52. The second-order valence-corrected chi connectivity index (χ2v) is 6.33. The van der Waals surface area contributed by atoms with Gasteiger partial charge in [-0.3, -0.25) is 0 Å². The number of halogens is 3. The van der Waals surface area contributed by atoms with E-state index in [4.69, 9.17) is 5.73 Å². The Morgan fingerprint density at radius 2 is 1.79 bits per heavy atom. The summed E-state index contributed by atoms with van der Waals surface area (Å²) < 4.78 is 62.7. The quantitative estimate of drug-likeness (QED) is 0.681. The van der Waals surface area contributed by atoms with Crippen LogP contribution in [0.4, 0.5) is 13.2 Å². The van der Waals surface area contributed by atoms with E-state index in [0.29, 0.717) is 0 Å². The normalized spacial score (nSPS) is 20.4. The smallest absolute Gasteiger partial charge is 0.329 e. The lowest BCUT2D eigenvalue weighted by Gasteiger charge is -2.29. The molecule has 4 N–H and O–H groups in total. The van der Waals surface area contributed by atoms with E-state index in [-0.39, 0.29) is 12.5 Å². The van der Waals surface area contributed by atoms with E-state index in [1.54, 1.807) is 0 Å². The van der Waals surface area contributed by atoms with Gasteiger partial charge in [0.05, 0.1) is 0 Å². The number of nitrogens with one attached hydrogen (secondary N) is 2. The Labute approximate surface area is 111 Å². The summed E-state index contributed by atoms with van der Waals surface area (Å²) in [6, 6.07) is -0.508. The van der Waals surface area contributed by atoms with Gasteiger partial charge in [-0.2, -0.15) is 31.0 Å². The zero-order valence-electron chi connectivity index (χ0n) is 10.5. The molecule has 1 aliphatic carbocycles. The van der Waals surface area contributed by atoms with Gasteiger partial charge in [0.15, 0.2) is 0 Å². The molecule has 1 rings (SSSR count). The molecule has 114 valence electrons. The minimum Gasteiger partial charge on any atom is -0.329 e. The molecule has 0 aromatic carbocycles. The van der Waals surface area contributed by atoms with Crippen LogP contribution in [0.25, 0.3) is 0 Å². The van der Waals surface area contributed by atoms with Crippen molar-refractivity contribution in [3.8, 4) is 0 Å². The van der Waals surface area contributed by atoms with E-state index in [0.717, 1.165) is 32.1 Å². The van der Waals surface area contributed by atoms with Crippen LogP contribution in [-0.2, 0) is 10.2 Å². The van der Waals surface area contributed by atoms with Crippen molar-refractivity contribution in [3.63, 3.8) is 0 Å². The summed E-state index contributed by atoms with van der Waals surface area (Å²) in [6.45, 7) is -1.50. The minimum absolute atomic E-state index is 0.0809. The average molecular weight is 303 g/mol. The van der Waals surface area contributed by atoms with Crippen LogP contribution in [-0.4, -0.2) is 33.7 Å². The predicted octanol–water partition coefficient (Wildman–Crippen LogP) is 0.880. The SMILES string of the molecule is NCC(NS(=O)(=O)NCC(F)(F)F)C1CCCCC1. The average Bonchev–Trinajstić information content (AvgIpc) is 2.34. The fraction of sp³-hybridized carbons (Fsp3) is 1.00. The maximum absolute atomic E-state index is 12.0. The van der Waals surface area contributed by atoms with Crippen LogP contribution in [0.2, 0.25) is 0 Å². The fourth-order valence-electron chi connectivity index (χ4n) is 2.29. The van der Waals surface area contributed by atoms with Gasteiger partial charge < -0.3 is 5.73 Å². The summed E-state index contributed by atoms with van der Waals surface area (Å²) in [6.07, 6.45) is 0.232. The maximum atomic E-state index is 12.0. The Morgan fingerprint density at radius 3 is 2.26 bits per heavy atom. The van der Waals surface area contributed by atoms with Crippen molar-refractivity contribution in [2.45, 2.75) is 44.3 Å². The fourth-order valence-corrected chi connectivity index (χ4v) is 3.42. The molecule has 0 spiro atoms. The molecule has 1 aliphatic rings. The zero-order chi connectivity index (χ0) is 14.5. The molecule has 0 heterocycles. The Kier molecular flexibility index (Phi) is 6.03. The molecule has 1 atom stereocenters. The monoisotopic (exact) mass is 303 g/mol. The second kappa shape index (κ2) is 6.87. The molecular formula is C10H20F3N3O2S. The van der Waals surface area contributed by atoms with Gasteiger partial charge >= 0.3 is 6.18 Å². The number of hydrogen-bond acceptors (Lipinski definition) is 3. The van der Waals surface area contributed by atoms with Crippen LogP contribution in [0.3, 0.4) is 0 Å². The van der Waals surface area contributed by atoms with Gasteiger partial charge in [0.2, 0.25) is 0 Å². The third kappa shape index (κ3) is 6.55. The van der Waals surface area contributed by atoms with Gasteiger partial charge in [0.25, 0.3) is 10.2 Å². The highest BCUT2D eigenvalue weighted by Crippen LogP contribution is 2.26. The summed E-state index contributed by atoms with van der Waals surface area (Å²) >= 11 is 0. The summed E-state index contributed by atoms with van der Waals surface area (Å²) in [4.78, 5) is 0. The number of rotatable bonds is 6. The van der Waals surface area contributed by atoms with Gasteiger partial charge in [-0.25, -0.2) is 0 Å². The van der Waals surface area contributed by atoms with Gasteiger partial charge in [-0.05, 0) is 18.8 Å². The molecule has 9 heteroatoms. The largest absolute Gasteiger partial charge is 0.402 e. The highest BCUT2D eigenvalue weighted by molar-refractivity contribution is 7.87. The van der Waals surface area contributed by atoms with Crippen LogP contribution in [0.1, 0.15) is 32.1 Å². The zero-order valence-corrected chi connectivity index (χ0v) is 11.4. The molecule has 1 saturated carbocycles. The van der Waals surface area contributed by atoms with Crippen molar-refractivity contribution < 1.29 is 21.6 Å². The first-order valence-corrected chi connectivity index (χ1v) is 7.75. The van der Waals surface area contributed by atoms with Crippen molar-refractivity contribution in [1.29, 1.82) is 0 Å². The van der Waals surface area contributed by atoms with E-state index < -0.39 is 29.0 Å². The number of alkyl halides is 3. The molecule has 0 radical (unpaired) electrons. The summed E-state index contributed by atoms with van der Waals surface area (Å²) in [5, 5.41) is 0. The number of nitrogens with two attached hydrogens (primary N) is 1. The molecule has 0 amide bonds. The van der Waals surface area contributed by atoms with E-state index in [9.17, 15) is 21.6 Å². The van der Waals surface area contributed by atoms with Gasteiger partial charge in [-0.1, -0.05) is 19.3 Å². The predicted molar refractivity (Wildman–Crippen MR) is 65.5 cm³/mol. The molecule has 0 bridgehead atoms. The first-order valence-electron chi connectivity index (χ1n) is 6.27. The van der Waals surface area contributed by atoms with Gasteiger partial charge in [-0.15, -0.1) is 0 Å². The molecule has 19 heavy (non-hydrogen) atoms. The van der Waals surface area contributed by atoms with Gasteiger partial charge in [0.1, 0.15) is 6.54 Å². The Hall–Kier alpha value is -0.380. The lowest BCUT2D eigenvalue weighted by atomic mass is 9.84. The highest BCUT2D eigenvalue weighted by atomic mass is 32.2. The summed E-state index contributed by atoms with van der Waals surface area (Å²) in [7, 11) is -4.18. The molecule has 0 aromatic rings. The van der Waals surface area contributed by atoms with Crippen LogP contribution in [0, 0.1) is 5.92 Å². The first-order chi connectivity index (χ1) is 8.73. The van der Waals surface area contributed by atoms with E-state index in [1.165, 1.54) is 4.72 Å². The van der Waals surface area contributed by atoms with Crippen molar-refractivity contribution >= 4 is 10.2 Å². The molecule has 0 aliphatic heterocycles. The minimum atomic E-state index is -4.57. The standard InChI is InChI=1S/C10H20F3N3O2S/c11-10(12,13)7-15-19(17,18)16-9(6-14)8-4-2-1-3-5-8/h8-9,15-16H,1-7,14H2. The third-order valence-corrected chi connectivity index (χ3v) is 4.38. The maximum Gasteiger partial charge on any atom is 0.402 e. The lowest BCUT2D eigenvalue weighted by molar-refractivity contribution is -0.121. The van der Waals surface area contributed by atoms with E-state index >= 15 is 0 Å². The summed E-state index contributed by atoms with van der Waals surface area (Å²) in [5.74, 6) is 0.0983. The Morgan fingerprint density at radius 1 is 1.21 bits per heavy atom. The molecule has 0 saturated heterocycles. The molecular weight excluding hydrogens is 283 g/mol. The van der Waals surface area contributed by atoms with Crippen LogP contribution >= 0.6 is 0 Å². The highest BCUT2D eigenvalue weighted by Gasteiger charge is 2.31. The molecule has 1 unspecified atom stereocenters. The van der Waals surface area contributed by atoms with Crippen molar-refractivity contribution in [2.75, 3.05) is 13.1 Å². The van der Waals surface area contributed by atoms with Crippen LogP contribution < -0.4 is 15.2 Å². The topological polar surface area (TPSA) is 84.2 Å². The first kappa shape index (κ1) is 16.7. The third-order valence-electron chi connectivity index (χ3n) is 3.24. The van der Waals surface area contributed by atoms with E-state index in [2.05, 4.69) is 4.72 Å². The van der Waals surface area contributed by atoms with Crippen molar-refractivity contribution in [3.05, 3.63) is 0 Å². The van der Waals surface area contributed by atoms with Gasteiger partial charge in [0, 0.05) is 12.6 Å². The lowest BCUT2D eigenvalue weighted by Crippen LogP contribution is -2.51. The molecule has 0 aromatic heterocycles. The van der Waals surface area contributed by atoms with Crippen LogP contribution in [0.5, 0.6) is 0 Å². The van der Waals surface area contributed by atoms with E-state index in [1.807, 2.05) is 0 Å². The number of hydrogen-bond donors (Lipinski definition) is 3. The molecule has 1 fully saturated rings. The molecule has 5 nitrogen and oxygen atoms in total. The van der Waals surface area contributed by atoms with Crippen LogP contribution in [0.15, 0.2) is 0 Å². The second-order valence-electron chi connectivity index (χ2n) is 4.80. The Balaban J connectivity index is 2.53. The Bertz CT molecular complexity index is 367. The van der Waals surface area contributed by atoms with Crippen molar-refractivity contribution in [2.24, 2.45) is 11.7 Å². The van der Waals surface area contributed by atoms with Crippen molar-refractivity contribution in [1.82, 2.24) is 9.44 Å².